The first-order valence-electron chi connectivity index (χ1n) is 9.83. The first kappa shape index (κ1) is 16.6. The highest BCUT2D eigenvalue weighted by Crippen LogP contribution is 2.37. The van der Waals surface area contributed by atoms with Crippen molar-refractivity contribution in [1.29, 1.82) is 0 Å². The first-order valence-corrected chi connectivity index (χ1v) is 9.83. The molecule has 2 heterocycles. The SMILES string of the molecule is CCC1(N2CCC(n3c(=O)[nH]c4ccccc43)CC2)CCC=CCC1. The van der Waals surface area contributed by atoms with Crippen LogP contribution in [-0.2, 0) is 0 Å². The van der Waals surface area contributed by atoms with Crippen molar-refractivity contribution in [2.24, 2.45) is 0 Å². The van der Waals surface area contributed by atoms with E-state index in [2.05, 4.69) is 35.0 Å². The number of allylic oxidation sites excluding steroid dienone is 2. The molecule has 1 fully saturated rings. The number of H-pyrrole nitrogens is 1. The fraction of sp³-hybridized carbons (Fsp3) is 0.571. The summed E-state index contributed by atoms with van der Waals surface area (Å²) >= 11 is 0. The zero-order valence-corrected chi connectivity index (χ0v) is 15.2. The highest BCUT2D eigenvalue weighted by molar-refractivity contribution is 5.75. The van der Waals surface area contributed by atoms with E-state index in [0.29, 0.717) is 11.6 Å². The molecule has 4 rings (SSSR count). The van der Waals surface area contributed by atoms with E-state index in [0.717, 1.165) is 37.0 Å². The Hall–Kier alpha value is -1.81. The molecule has 25 heavy (non-hydrogen) atoms. The van der Waals surface area contributed by atoms with Crippen molar-refractivity contribution in [3.8, 4) is 0 Å². The maximum absolute atomic E-state index is 12.5. The topological polar surface area (TPSA) is 41.0 Å². The normalized spacial score (nSPS) is 22.3. The van der Waals surface area contributed by atoms with E-state index in [1.54, 1.807) is 0 Å². The molecule has 1 aliphatic heterocycles. The molecule has 1 aromatic heterocycles. The molecule has 2 aromatic rings. The van der Waals surface area contributed by atoms with Gasteiger partial charge in [0.05, 0.1) is 11.0 Å². The van der Waals surface area contributed by atoms with Gasteiger partial charge < -0.3 is 4.98 Å². The van der Waals surface area contributed by atoms with Crippen molar-refractivity contribution in [2.45, 2.75) is 63.5 Å². The first-order chi connectivity index (χ1) is 12.2. The number of aromatic amines is 1. The molecular formula is C21H29N3O. The third-order valence-electron chi connectivity index (χ3n) is 6.50. The zero-order chi connectivity index (χ0) is 17.3. The van der Waals surface area contributed by atoms with Crippen LogP contribution in [0, 0.1) is 0 Å². The lowest BCUT2D eigenvalue weighted by Gasteiger charge is -2.47. The second kappa shape index (κ2) is 6.83. The Morgan fingerprint density at radius 3 is 2.48 bits per heavy atom. The third-order valence-corrected chi connectivity index (χ3v) is 6.50. The molecule has 1 aromatic carbocycles. The molecule has 0 atom stereocenters. The van der Waals surface area contributed by atoms with E-state index in [4.69, 9.17) is 0 Å². The Labute approximate surface area is 149 Å². The maximum atomic E-state index is 12.5. The minimum absolute atomic E-state index is 0.0449. The van der Waals surface area contributed by atoms with Gasteiger partial charge in [0.1, 0.15) is 0 Å². The molecule has 0 unspecified atom stereocenters. The van der Waals surface area contributed by atoms with Gasteiger partial charge >= 0.3 is 5.69 Å². The molecule has 1 aliphatic carbocycles. The Morgan fingerprint density at radius 1 is 1.12 bits per heavy atom. The minimum Gasteiger partial charge on any atom is -0.306 e. The van der Waals surface area contributed by atoms with E-state index in [-0.39, 0.29) is 5.69 Å². The van der Waals surface area contributed by atoms with Crippen molar-refractivity contribution in [3.63, 3.8) is 0 Å². The van der Waals surface area contributed by atoms with Crippen molar-refractivity contribution in [2.75, 3.05) is 13.1 Å². The molecule has 0 amide bonds. The van der Waals surface area contributed by atoms with Crippen molar-refractivity contribution in [3.05, 3.63) is 46.9 Å². The average molecular weight is 339 g/mol. The molecule has 2 aliphatic rings. The van der Waals surface area contributed by atoms with Crippen LogP contribution in [0.1, 0.15) is 57.9 Å². The number of rotatable bonds is 3. The van der Waals surface area contributed by atoms with E-state index in [1.165, 1.54) is 32.1 Å². The lowest BCUT2D eigenvalue weighted by atomic mass is 9.83. The van der Waals surface area contributed by atoms with Crippen LogP contribution in [0.4, 0.5) is 0 Å². The number of hydrogen-bond acceptors (Lipinski definition) is 2. The van der Waals surface area contributed by atoms with Crippen molar-refractivity contribution < 1.29 is 0 Å². The van der Waals surface area contributed by atoms with Gasteiger partial charge in [-0.3, -0.25) is 9.47 Å². The number of hydrogen-bond donors (Lipinski definition) is 1. The highest BCUT2D eigenvalue weighted by atomic mass is 16.1. The number of imidazole rings is 1. The van der Waals surface area contributed by atoms with E-state index in [9.17, 15) is 4.79 Å². The Bertz CT molecular complexity index is 798. The highest BCUT2D eigenvalue weighted by Gasteiger charge is 2.37. The number of piperidine rings is 1. The quantitative estimate of drug-likeness (QED) is 0.850. The molecule has 4 heteroatoms. The summed E-state index contributed by atoms with van der Waals surface area (Å²) in [6.45, 7) is 4.55. The lowest BCUT2D eigenvalue weighted by Crippen LogP contribution is -2.52. The van der Waals surface area contributed by atoms with Crippen LogP contribution in [-0.4, -0.2) is 33.1 Å². The van der Waals surface area contributed by atoms with E-state index >= 15 is 0 Å². The van der Waals surface area contributed by atoms with E-state index in [1.807, 2.05) is 22.8 Å². The standard InChI is InChI=1S/C21H29N3O/c1-2-21(13-7-3-4-8-14-21)23-15-11-17(12-16-23)24-19-10-6-5-9-18(19)22-20(24)25/h3-6,9-10,17H,2,7-8,11-16H2,1H3,(H,22,25). The summed E-state index contributed by atoms with van der Waals surface area (Å²) < 4.78 is 2.00. The van der Waals surface area contributed by atoms with Crippen LogP contribution in [0.5, 0.6) is 0 Å². The summed E-state index contributed by atoms with van der Waals surface area (Å²) in [7, 11) is 0. The van der Waals surface area contributed by atoms with Crippen LogP contribution < -0.4 is 5.69 Å². The van der Waals surface area contributed by atoms with Gasteiger partial charge in [-0.1, -0.05) is 31.2 Å². The number of nitrogens with zero attached hydrogens (tertiary/aromatic N) is 2. The molecule has 4 nitrogen and oxygen atoms in total. The van der Waals surface area contributed by atoms with Crippen LogP contribution in [0.3, 0.4) is 0 Å². The predicted octanol–water partition coefficient (Wildman–Crippen LogP) is 4.25. The van der Waals surface area contributed by atoms with Gasteiger partial charge in [-0.15, -0.1) is 0 Å². The van der Waals surface area contributed by atoms with Gasteiger partial charge in [0.2, 0.25) is 0 Å². The number of benzene rings is 1. The van der Waals surface area contributed by atoms with E-state index < -0.39 is 0 Å². The fourth-order valence-corrected chi connectivity index (χ4v) is 4.99. The van der Waals surface area contributed by atoms with Crippen LogP contribution >= 0.6 is 0 Å². The summed E-state index contributed by atoms with van der Waals surface area (Å²) in [5.74, 6) is 0. The number of nitrogens with one attached hydrogen (secondary N) is 1. The number of aromatic nitrogens is 2. The zero-order valence-electron chi connectivity index (χ0n) is 15.2. The largest absolute Gasteiger partial charge is 0.326 e. The van der Waals surface area contributed by atoms with Gasteiger partial charge in [-0.2, -0.15) is 0 Å². The van der Waals surface area contributed by atoms with Crippen molar-refractivity contribution >= 4 is 11.0 Å². The van der Waals surface area contributed by atoms with Gasteiger partial charge in [0.25, 0.3) is 0 Å². The number of fused-ring (bicyclic) bond motifs is 1. The summed E-state index contributed by atoms with van der Waals surface area (Å²) in [5.41, 5.74) is 2.41. The third kappa shape index (κ3) is 2.97. The molecule has 1 saturated heterocycles. The summed E-state index contributed by atoms with van der Waals surface area (Å²) in [6.07, 6.45) is 13.0. The Balaban J connectivity index is 1.53. The predicted molar refractivity (Wildman–Crippen MR) is 103 cm³/mol. The van der Waals surface area contributed by atoms with Gasteiger partial charge in [-0.05, 0) is 57.1 Å². The monoisotopic (exact) mass is 339 g/mol. The second-order valence-corrected chi connectivity index (χ2v) is 7.66. The molecule has 0 saturated carbocycles. The van der Waals surface area contributed by atoms with Gasteiger partial charge in [0.15, 0.2) is 0 Å². The smallest absolute Gasteiger partial charge is 0.306 e. The Morgan fingerprint density at radius 2 is 1.80 bits per heavy atom. The minimum atomic E-state index is 0.0449. The maximum Gasteiger partial charge on any atom is 0.326 e. The molecule has 0 spiro atoms. The number of para-hydroxylation sites is 2. The lowest BCUT2D eigenvalue weighted by molar-refractivity contribution is 0.0365. The Kier molecular flexibility index (Phi) is 4.55. The molecule has 0 radical (unpaired) electrons. The molecule has 134 valence electrons. The van der Waals surface area contributed by atoms with Crippen LogP contribution in [0.25, 0.3) is 11.0 Å². The summed E-state index contributed by atoms with van der Waals surface area (Å²) in [5, 5.41) is 0. The molecule has 1 N–H and O–H groups in total. The number of likely N-dealkylation sites (tertiary alicyclic amines) is 1. The van der Waals surface area contributed by atoms with Gasteiger partial charge in [-0.25, -0.2) is 4.79 Å². The molecule has 0 bridgehead atoms. The summed E-state index contributed by atoms with van der Waals surface area (Å²) in [6, 6.07) is 8.37. The fourth-order valence-electron chi connectivity index (χ4n) is 4.99. The van der Waals surface area contributed by atoms with Crippen molar-refractivity contribution in [1.82, 2.24) is 14.5 Å². The average Bonchev–Trinajstić information content (AvgIpc) is 2.82. The second-order valence-electron chi connectivity index (χ2n) is 7.66. The van der Waals surface area contributed by atoms with Crippen LogP contribution in [0.15, 0.2) is 41.2 Å². The van der Waals surface area contributed by atoms with Gasteiger partial charge in [0, 0.05) is 24.7 Å². The summed E-state index contributed by atoms with van der Waals surface area (Å²) in [4.78, 5) is 18.2. The van der Waals surface area contributed by atoms with Crippen LogP contribution in [0.2, 0.25) is 0 Å². The molecular weight excluding hydrogens is 310 g/mol.